The maximum Gasteiger partial charge on any atom is 0.0540 e. The third-order valence-corrected chi connectivity index (χ3v) is 6.35. The van der Waals surface area contributed by atoms with Crippen LogP contribution in [0, 0.1) is 5.92 Å². The van der Waals surface area contributed by atoms with Crippen molar-refractivity contribution >= 4 is 8.58 Å². The third-order valence-electron chi connectivity index (χ3n) is 4.24. The van der Waals surface area contributed by atoms with Gasteiger partial charge in [0.15, 0.2) is 0 Å². The molecule has 18 heavy (non-hydrogen) atoms. The smallest absolute Gasteiger partial charge is 0.0540 e. The molecule has 0 heterocycles. The summed E-state index contributed by atoms with van der Waals surface area (Å²) < 4.78 is 0. The Hall–Kier alpha value is 0.390. The lowest BCUT2D eigenvalue weighted by molar-refractivity contribution is 0.0952. The summed E-state index contributed by atoms with van der Waals surface area (Å²) >= 11 is 0. The lowest BCUT2D eigenvalue weighted by Crippen LogP contribution is -2.35. The molecule has 0 saturated heterocycles. The van der Waals surface area contributed by atoms with E-state index in [0.29, 0.717) is 5.16 Å². The fraction of sp³-hybridized carbons (Fsp3) is 1.00. The van der Waals surface area contributed by atoms with Gasteiger partial charge in [-0.2, -0.15) is 0 Å². The zero-order chi connectivity index (χ0) is 14.6. The van der Waals surface area contributed by atoms with Crippen LogP contribution in [0.2, 0.25) is 0 Å². The van der Waals surface area contributed by atoms with Crippen molar-refractivity contribution in [3.05, 3.63) is 0 Å². The lowest BCUT2D eigenvalue weighted by atomic mass is 9.76. The van der Waals surface area contributed by atoms with E-state index < -0.39 is 0 Å². The highest BCUT2D eigenvalue weighted by atomic mass is 31.1. The molecule has 1 rings (SSSR count). The molecule has 1 saturated carbocycles. The van der Waals surface area contributed by atoms with Gasteiger partial charge in [0.05, 0.1) is 6.10 Å². The Morgan fingerprint density at radius 1 is 0.944 bits per heavy atom. The van der Waals surface area contributed by atoms with Crippen LogP contribution >= 0.6 is 8.58 Å². The first kappa shape index (κ1) is 20.7. The highest BCUT2D eigenvalue weighted by Gasteiger charge is 2.36. The van der Waals surface area contributed by atoms with Crippen LogP contribution in [0.3, 0.4) is 0 Å². The summed E-state index contributed by atoms with van der Waals surface area (Å²) in [5.41, 5.74) is 0. The van der Waals surface area contributed by atoms with E-state index in [4.69, 9.17) is 0 Å². The quantitative estimate of drug-likeness (QED) is 0.676. The molecule has 1 aliphatic carbocycles. The van der Waals surface area contributed by atoms with Crippen LogP contribution in [0.15, 0.2) is 0 Å². The van der Waals surface area contributed by atoms with Crippen molar-refractivity contribution in [2.45, 2.75) is 91.3 Å². The van der Waals surface area contributed by atoms with Gasteiger partial charge in [-0.15, -0.1) is 8.58 Å². The van der Waals surface area contributed by atoms with E-state index in [1.807, 2.05) is 27.7 Å². The minimum absolute atomic E-state index is 0.00199. The van der Waals surface area contributed by atoms with Gasteiger partial charge in [0.1, 0.15) is 0 Å². The summed E-state index contributed by atoms with van der Waals surface area (Å²) in [6.07, 6.45) is 7.22. The van der Waals surface area contributed by atoms with E-state index in [1.54, 1.807) is 0 Å². The average molecular weight is 276 g/mol. The molecule has 1 unspecified atom stereocenters. The average Bonchev–Trinajstić information content (AvgIpc) is 2.47. The summed E-state index contributed by atoms with van der Waals surface area (Å²) in [4.78, 5) is 0. The highest BCUT2D eigenvalue weighted by molar-refractivity contribution is 7.39. The standard InChI is InChI=1S/C12H25OP.2C2H6/c1-4-12(5-2,14-3)10-6-8-11(13)9-7-10;2*1-2/h10-11,13-14H,4-9H2,1-3H3;2*1-2H3. The summed E-state index contributed by atoms with van der Waals surface area (Å²) in [7, 11) is 1.06. The van der Waals surface area contributed by atoms with Crippen molar-refractivity contribution in [2.75, 3.05) is 6.66 Å². The summed E-state index contributed by atoms with van der Waals surface area (Å²) in [6, 6.07) is 0. The number of hydrogen-bond donors (Lipinski definition) is 1. The monoisotopic (exact) mass is 276 g/mol. The molecule has 0 aromatic rings. The molecule has 2 heteroatoms. The molecular weight excluding hydrogens is 239 g/mol. The van der Waals surface area contributed by atoms with E-state index in [9.17, 15) is 5.11 Å². The van der Waals surface area contributed by atoms with Gasteiger partial charge in [-0.05, 0) is 56.3 Å². The van der Waals surface area contributed by atoms with Gasteiger partial charge in [-0.25, -0.2) is 0 Å². The topological polar surface area (TPSA) is 20.2 Å². The minimum Gasteiger partial charge on any atom is -0.393 e. The predicted octanol–water partition coefficient (Wildman–Crippen LogP) is 5.46. The van der Waals surface area contributed by atoms with Gasteiger partial charge in [-0.1, -0.05) is 41.5 Å². The zero-order valence-corrected chi connectivity index (χ0v) is 14.8. The number of rotatable bonds is 4. The van der Waals surface area contributed by atoms with E-state index in [0.717, 1.165) is 27.3 Å². The molecule has 0 aromatic heterocycles. The molecule has 0 amide bonds. The van der Waals surface area contributed by atoms with Crippen molar-refractivity contribution < 1.29 is 5.11 Å². The molecule has 1 atom stereocenters. The molecule has 0 radical (unpaired) electrons. The first-order valence-corrected chi connectivity index (χ1v) is 9.55. The van der Waals surface area contributed by atoms with Gasteiger partial charge in [0, 0.05) is 0 Å². The molecular formula is C16H37OP. The van der Waals surface area contributed by atoms with Crippen molar-refractivity contribution in [3.8, 4) is 0 Å². The minimum atomic E-state index is -0.00199. The molecule has 0 bridgehead atoms. The predicted molar refractivity (Wildman–Crippen MR) is 88.2 cm³/mol. The molecule has 1 N–H and O–H groups in total. The number of aliphatic hydroxyl groups is 1. The van der Waals surface area contributed by atoms with Gasteiger partial charge in [-0.3, -0.25) is 0 Å². The second-order valence-corrected chi connectivity index (χ2v) is 6.11. The molecule has 112 valence electrons. The van der Waals surface area contributed by atoms with Crippen LogP contribution in [0.25, 0.3) is 0 Å². The summed E-state index contributed by atoms with van der Waals surface area (Å²) in [5.74, 6) is 0.879. The van der Waals surface area contributed by atoms with Crippen molar-refractivity contribution in [1.82, 2.24) is 0 Å². The van der Waals surface area contributed by atoms with Gasteiger partial charge in [0.2, 0.25) is 0 Å². The second-order valence-electron chi connectivity index (χ2n) is 4.62. The Bertz CT molecular complexity index is 150. The molecule has 0 aromatic carbocycles. The van der Waals surface area contributed by atoms with E-state index in [2.05, 4.69) is 20.5 Å². The molecule has 1 nitrogen and oxygen atoms in total. The van der Waals surface area contributed by atoms with E-state index >= 15 is 0 Å². The number of hydrogen-bond acceptors (Lipinski definition) is 1. The SMILES string of the molecule is CC.CC.CCC(CC)(PC)C1CCC(O)CC1. The highest BCUT2D eigenvalue weighted by Crippen LogP contribution is 2.47. The Labute approximate surface area is 118 Å². The molecule has 0 spiro atoms. The van der Waals surface area contributed by atoms with Crippen LogP contribution < -0.4 is 0 Å². The maximum absolute atomic E-state index is 9.51. The second kappa shape index (κ2) is 12.4. The van der Waals surface area contributed by atoms with Crippen LogP contribution in [-0.2, 0) is 0 Å². The Morgan fingerprint density at radius 2 is 1.33 bits per heavy atom. The Morgan fingerprint density at radius 3 is 1.61 bits per heavy atom. The zero-order valence-electron chi connectivity index (χ0n) is 13.8. The molecule has 1 fully saturated rings. The van der Waals surface area contributed by atoms with E-state index in [1.165, 1.54) is 25.7 Å². The fourth-order valence-electron chi connectivity index (χ4n) is 3.01. The van der Waals surface area contributed by atoms with Crippen LogP contribution in [0.5, 0.6) is 0 Å². The van der Waals surface area contributed by atoms with Crippen LogP contribution in [-0.4, -0.2) is 23.0 Å². The number of aliphatic hydroxyl groups excluding tert-OH is 1. The molecule has 1 aliphatic rings. The van der Waals surface area contributed by atoms with Crippen molar-refractivity contribution in [3.63, 3.8) is 0 Å². The Balaban J connectivity index is 0. The largest absolute Gasteiger partial charge is 0.393 e. The normalized spacial score (nSPS) is 24.0. The van der Waals surface area contributed by atoms with Gasteiger partial charge >= 0.3 is 0 Å². The Kier molecular flexibility index (Phi) is 14.3. The molecule has 0 aliphatic heterocycles. The third kappa shape index (κ3) is 6.02. The summed E-state index contributed by atoms with van der Waals surface area (Å²) in [6.45, 7) is 15.0. The van der Waals surface area contributed by atoms with E-state index in [-0.39, 0.29) is 6.10 Å². The van der Waals surface area contributed by atoms with Crippen LogP contribution in [0.1, 0.15) is 80.1 Å². The first-order valence-electron chi connectivity index (χ1n) is 8.05. The van der Waals surface area contributed by atoms with Crippen LogP contribution in [0.4, 0.5) is 0 Å². The van der Waals surface area contributed by atoms with Gasteiger partial charge < -0.3 is 5.11 Å². The summed E-state index contributed by atoms with van der Waals surface area (Å²) in [5, 5.41) is 10.1. The maximum atomic E-state index is 9.51. The van der Waals surface area contributed by atoms with Crippen molar-refractivity contribution in [1.29, 1.82) is 0 Å². The fourth-order valence-corrected chi connectivity index (χ4v) is 4.42. The van der Waals surface area contributed by atoms with Crippen molar-refractivity contribution in [2.24, 2.45) is 5.92 Å². The lowest BCUT2D eigenvalue weighted by Gasteiger charge is -2.42. The first-order chi connectivity index (χ1) is 8.68. The van der Waals surface area contributed by atoms with Gasteiger partial charge in [0.25, 0.3) is 0 Å².